The van der Waals surface area contributed by atoms with E-state index in [0.717, 1.165) is 43.9 Å². The third kappa shape index (κ3) is 1.92. The molecular formula is C17H22N2O3. The van der Waals surface area contributed by atoms with Crippen LogP contribution in [0, 0.1) is 0 Å². The Kier molecular flexibility index (Phi) is 3.26. The van der Waals surface area contributed by atoms with E-state index in [-0.39, 0.29) is 0 Å². The van der Waals surface area contributed by atoms with Crippen LogP contribution >= 0.6 is 0 Å². The Morgan fingerprint density at radius 1 is 1.05 bits per heavy atom. The molecule has 1 aromatic carbocycles. The quantitative estimate of drug-likeness (QED) is 0.837. The third-order valence-electron chi connectivity index (χ3n) is 5.37. The first-order chi connectivity index (χ1) is 10.7. The van der Waals surface area contributed by atoms with Gasteiger partial charge in [0.25, 0.3) is 0 Å². The highest BCUT2D eigenvalue weighted by molar-refractivity contribution is 5.78. The first-order valence-electron chi connectivity index (χ1n) is 8.03. The van der Waals surface area contributed by atoms with Gasteiger partial charge in [-0.3, -0.25) is 9.69 Å². The monoisotopic (exact) mass is 302 g/mol. The van der Waals surface area contributed by atoms with Gasteiger partial charge < -0.3 is 14.4 Å². The summed E-state index contributed by atoms with van der Waals surface area (Å²) in [6.45, 7) is 1.89. The fourth-order valence-corrected chi connectivity index (χ4v) is 4.32. The third-order valence-corrected chi connectivity index (χ3v) is 5.37. The lowest BCUT2D eigenvalue weighted by atomic mass is 9.88. The SMILES string of the molecule is COc1cc2c(cc1OC)[C@H]1CCN3C(=O)CC[C@@H]3N1CC2. The van der Waals surface area contributed by atoms with Gasteiger partial charge in [0.1, 0.15) is 0 Å². The number of fused-ring (bicyclic) bond motifs is 5. The summed E-state index contributed by atoms with van der Waals surface area (Å²) < 4.78 is 10.9. The molecule has 22 heavy (non-hydrogen) atoms. The molecule has 3 aliphatic rings. The topological polar surface area (TPSA) is 42.0 Å². The second kappa shape index (κ2) is 5.16. The summed E-state index contributed by atoms with van der Waals surface area (Å²) in [4.78, 5) is 16.6. The number of benzene rings is 1. The number of hydrogen-bond donors (Lipinski definition) is 0. The van der Waals surface area contributed by atoms with Gasteiger partial charge in [0.15, 0.2) is 11.5 Å². The Morgan fingerprint density at radius 2 is 1.82 bits per heavy atom. The van der Waals surface area contributed by atoms with E-state index in [1.54, 1.807) is 14.2 Å². The molecule has 2 fully saturated rings. The summed E-state index contributed by atoms with van der Waals surface area (Å²) in [7, 11) is 3.37. The molecule has 0 bridgehead atoms. The van der Waals surface area contributed by atoms with E-state index in [9.17, 15) is 4.79 Å². The molecule has 1 amide bonds. The zero-order valence-corrected chi connectivity index (χ0v) is 13.2. The van der Waals surface area contributed by atoms with Crippen LogP contribution in [0.1, 0.15) is 36.4 Å². The molecule has 2 atom stereocenters. The molecule has 5 nitrogen and oxygen atoms in total. The molecule has 118 valence electrons. The van der Waals surface area contributed by atoms with Gasteiger partial charge in [0, 0.05) is 25.6 Å². The normalized spacial score (nSPS) is 27.2. The minimum Gasteiger partial charge on any atom is -0.493 e. The number of carbonyl (C=O) groups is 1. The Morgan fingerprint density at radius 3 is 2.59 bits per heavy atom. The van der Waals surface area contributed by atoms with Crippen LogP contribution in [0.5, 0.6) is 11.5 Å². The molecule has 0 spiro atoms. The van der Waals surface area contributed by atoms with Gasteiger partial charge in [0.2, 0.25) is 5.91 Å². The maximum absolute atomic E-state index is 12.0. The predicted octanol–water partition coefficient (Wildman–Crippen LogP) is 1.96. The lowest BCUT2D eigenvalue weighted by Crippen LogP contribution is -2.54. The van der Waals surface area contributed by atoms with Crippen LogP contribution in [-0.4, -0.2) is 49.2 Å². The molecule has 2 saturated heterocycles. The number of rotatable bonds is 2. The van der Waals surface area contributed by atoms with E-state index in [1.165, 1.54) is 11.1 Å². The lowest BCUT2D eigenvalue weighted by molar-refractivity contribution is -0.135. The van der Waals surface area contributed by atoms with Crippen LogP contribution in [0.4, 0.5) is 0 Å². The van der Waals surface area contributed by atoms with Crippen LogP contribution in [0.2, 0.25) is 0 Å². The van der Waals surface area contributed by atoms with Crippen molar-refractivity contribution in [3.05, 3.63) is 23.3 Å². The van der Waals surface area contributed by atoms with Crippen molar-refractivity contribution >= 4 is 5.91 Å². The van der Waals surface area contributed by atoms with E-state index >= 15 is 0 Å². The minimum atomic E-state index is 0.299. The summed E-state index contributed by atoms with van der Waals surface area (Å²) in [5, 5.41) is 0. The Balaban J connectivity index is 1.71. The molecule has 3 aliphatic heterocycles. The van der Waals surface area contributed by atoms with E-state index < -0.39 is 0 Å². The highest BCUT2D eigenvalue weighted by atomic mass is 16.5. The molecule has 4 rings (SSSR count). The molecule has 0 aromatic heterocycles. The van der Waals surface area contributed by atoms with Crippen LogP contribution in [0.25, 0.3) is 0 Å². The van der Waals surface area contributed by atoms with E-state index in [4.69, 9.17) is 9.47 Å². The average Bonchev–Trinajstić information content (AvgIpc) is 2.94. The van der Waals surface area contributed by atoms with Gasteiger partial charge in [-0.2, -0.15) is 0 Å². The summed E-state index contributed by atoms with van der Waals surface area (Å²) in [6, 6.07) is 4.66. The van der Waals surface area contributed by atoms with Gasteiger partial charge in [-0.05, 0) is 42.5 Å². The fourth-order valence-electron chi connectivity index (χ4n) is 4.32. The molecule has 0 N–H and O–H groups in total. The summed E-state index contributed by atoms with van der Waals surface area (Å²) in [5.41, 5.74) is 2.71. The standard InChI is InChI=1S/C17H22N2O3/c1-21-14-9-11-5-7-18-13(12(11)10-15(14)22-2)6-8-19-16(18)3-4-17(19)20/h9-10,13,16H,3-8H2,1-2H3/t13-,16-/m1/s1. The number of ether oxygens (including phenoxy) is 2. The first kappa shape index (κ1) is 13.9. The van der Waals surface area contributed by atoms with Crippen molar-refractivity contribution in [3.8, 4) is 11.5 Å². The van der Waals surface area contributed by atoms with Crippen molar-refractivity contribution < 1.29 is 14.3 Å². The van der Waals surface area contributed by atoms with Crippen molar-refractivity contribution in [3.63, 3.8) is 0 Å². The smallest absolute Gasteiger partial charge is 0.223 e. The first-order valence-corrected chi connectivity index (χ1v) is 8.03. The minimum absolute atomic E-state index is 0.299. The van der Waals surface area contributed by atoms with Gasteiger partial charge in [-0.15, -0.1) is 0 Å². The highest BCUT2D eigenvalue weighted by Crippen LogP contribution is 2.44. The second-order valence-corrected chi connectivity index (χ2v) is 6.30. The maximum atomic E-state index is 12.0. The molecule has 1 aromatic rings. The number of hydrogen-bond acceptors (Lipinski definition) is 4. The number of methoxy groups -OCH3 is 2. The van der Waals surface area contributed by atoms with Gasteiger partial charge in [-0.1, -0.05) is 0 Å². The van der Waals surface area contributed by atoms with Gasteiger partial charge >= 0.3 is 0 Å². The summed E-state index contributed by atoms with van der Waals surface area (Å²) in [6.07, 6.45) is 3.98. The van der Waals surface area contributed by atoms with Crippen molar-refractivity contribution in [1.82, 2.24) is 9.80 Å². The lowest BCUT2D eigenvalue weighted by Gasteiger charge is -2.48. The van der Waals surface area contributed by atoms with Crippen molar-refractivity contribution in [2.45, 2.75) is 37.9 Å². The highest BCUT2D eigenvalue weighted by Gasteiger charge is 2.44. The van der Waals surface area contributed by atoms with Crippen LogP contribution in [-0.2, 0) is 11.2 Å². The molecule has 0 aliphatic carbocycles. The maximum Gasteiger partial charge on any atom is 0.223 e. The number of amides is 1. The van der Waals surface area contributed by atoms with Crippen molar-refractivity contribution in [2.24, 2.45) is 0 Å². The second-order valence-electron chi connectivity index (χ2n) is 6.30. The van der Waals surface area contributed by atoms with Crippen LogP contribution in [0.3, 0.4) is 0 Å². The number of nitrogens with zero attached hydrogens (tertiary/aromatic N) is 2. The molecule has 0 unspecified atom stereocenters. The zero-order chi connectivity index (χ0) is 15.3. The van der Waals surface area contributed by atoms with Crippen molar-refractivity contribution in [2.75, 3.05) is 27.3 Å². The zero-order valence-electron chi connectivity index (χ0n) is 13.2. The Hall–Kier alpha value is -1.75. The fraction of sp³-hybridized carbons (Fsp3) is 0.588. The predicted molar refractivity (Wildman–Crippen MR) is 82.0 cm³/mol. The molecule has 0 radical (unpaired) electrons. The molecule has 3 heterocycles. The van der Waals surface area contributed by atoms with E-state index in [1.807, 2.05) is 0 Å². The largest absolute Gasteiger partial charge is 0.493 e. The van der Waals surface area contributed by atoms with Crippen LogP contribution in [0.15, 0.2) is 12.1 Å². The van der Waals surface area contributed by atoms with Crippen molar-refractivity contribution in [1.29, 1.82) is 0 Å². The molecule has 5 heteroatoms. The molecule has 0 saturated carbocycles. The average molecular weight is 302 g/mol. The van der Waals surface area contributed by atoms with E-state index in [0.29, 0.717) is 24.5 Å². The summed E-state index contributed by atoms with van der Waals surface area (Å²) in [5.74, 6) is 1.93. The molecular weight excluding hydrogens is 280 g/mol. The van der Waals surface area contributed by atoms with Gasteiger partial charge in [-0.25, -0.2) is 0 Å². The van der Waals surface area contributed by atoms with E-state index in [2.05, 4.69) is 21.9 Å². The Bertz CT molecular complexity index is 616. The van der Waals surface area contributed by atoms with Crippen LogP contribution < -0.4 is 9.47 Å². The van der Waals surface area contributed by atoms with Gasteiger partial charge in [0.05, 0.1) is 20.4 Å². The number of carbonyl (C=O) groups excluding carboxylic acids is 1. The summed E-state index contributed by atoms with van der Waals surface area (Å²) >= 11 is 0. The Labute approximate surface area is 130 Å².